The van der Waals surface area contributed by atoms with Crippen LogP contribution in [0.3, 0.4) is 0 Å². The molecule has 152 valence electrons. The summed E-state index contributed by atoms with van der Waals surface area (Å²) >= 11 is 1.82. The summed E-state index contributed by atoms with van der Waals surface area (Å²) in [7, 11) is 1.59. The van der Waals surface area contributed by atoms with Crippen LogP contribution in [-0.4, -0.2) is 36.1 Å². The molecule has 4 rings (SSSR count). The van der Waals surface area contributed by atoms with Crippen molar-refractivity contribution in [3.63, 3.8) is 0 Å². The molecule has 7 heteroatoms. The van der Waals surface area contributed by atoms with Gasteiger partial charge in [-0.05, 0) is 49.4 Å². The van der Waals surface area contributed by atoms with E-state index in [2.05, 4.69) is 17.6 Å². The maximum atomic E-state index is 12.4. The van der Waals surface area contributed by atoms with Crippen LogP contribution in [0.1, 0.15) is 46.4 Å². The molecule has 0 aliphatic heterocycles. The number of benzene rings is 1. The summed E-state index contributed by atoms with van der Waals surface area (Å²) in [4.78, 5) is 24.4. The number of thiophene rings is 1. The van der Waals surface area contributed by atoms with Gasteiger partial charge in [-0.2, -0.15) is 0 Å². The summed E-state index contributed by atoms with van der Waals surface area (Å²) in [6, 6.07) is 7.16. The Morgan fingerprint density at radius 1 is 1.21 bits per heavy atom. The van der Waals surface area contributed by atoms with E-state index in [1.165, 1.54) is 28.7 Å². The minimum atomic E-state index is -0.110. The van der Waals surface area contributed by atoms with Crippen molar-refractivity contribution in [2.75, 3.05) is 25.5 Å². The fourth-order valence-electron chi connectivity index (χ4n) is 3.71. The molecule has 0 bridgehead atoms. The molecule has 1 aliphatic carbocycles. The monoisotopic (exact) mass is 410 g/mol. The van der Waals surface area contributed by atoms with Gasteiger partial charge < -0.3 is 15.4 Å². The molecule has 2 aromatic heterocycles. The first-order valence-corrected chi connectivity index (χ1v) is 11.0. The van der Waals surface area contributed by atoms with E-state index >= 15 is 0 Å². The molecule has 3 aromatic rings. The van der Waals surface area contributed by atoms with Crippen LogP contribution >= 0.6 is 11.3 Å². The van der Waals surface area contributed by atoms with Gasteiger partial charge in [-0.1, -0.05) is 13.0 Å². The van der Waals surface area contributed by atoms with E-state index in [9.17, 15) is 4.79 Å². The Bertz CT molecular complexity index is 1030. The molecule has 0 saturated heterocycles. The van der Waals surface area contributed by atoms with Gasteiger partial charge in [0.1, 0.15) is 22.2 Å². The molecule has 0 unspecified atom stereocenters. The Balaban J connectivity index is 1.45. The first kappa shape index (κ1) is 19.6. The van der Waals surface area contributed by atoms with Gasteiger partial charge in [-0.15, -0.1) is 11.3 Å². The van der Waals surface area contributed by atoms with E-state index in [0.717, 1.165) is 35.7 Å². The molecule has 29 heavy (non-hydrogen) atoms. The Hall–Kier alpha value is -2.67. The quantitative estimate of drug-likeness (QED) is 0.576. The fourth-order valence-corrected chi connectivity index (χ4v) is 4.99. The highest BCUT2D eigenvalue weighted by Gasteiger charge is 2.20. The van der Waals surface area contributed by atoms with Crippen molar-refractivity contribution in [1.29, 1.82) is 0 Å². The molecule has 0 fully saturated rings. The first-order chi connectivity index (χ1) is 14.2. The third-order valence-electron chi connectivity index (χ3n) is 5.21. The maximum Gasteiger partial charge on any atom is 0.251 e. The number of hydrogen-bond acceptors (Lipinski definition) is 6. The van der Waals surface area contributed by atoms with E-state index in [1.807, 2.05) is 23.5 Å². The minimum Gasteiger partial charge on any atom is -0.497 e. The van der Waals surface area contributed by atoms with Gasteiger partial charge in [0.25, 0.3) is 5.91 Å². The lowest BCUT2D eigenvalue weighted by Gasteiger charge is -2.13. The van der Waals surface area contributed by atoms with Gasteiger partial charge in [-0.3, -0.25) is 4.79 Å². The van der Waals surface area contributed by atoms with Crippen LogP contribution in [0.4, 0.5) is 5.82 Å². The van der Waals surface area contributed by atoms with E-state index in [0.29, 0.717) is 24.4 Å². The third kappa shape index (κ3) is 4.19. The molecule has 1 amide bonds. The number of nitrogens with zero attached hydrogens (tertiary/aromatic N) is 2. The molecule has 0 atom stereocenters. The SMILES string of the molecule is CCc1nc(NCCNC(=O)c2cccc(OC)c2)c2c3c(sc2n1)CCCC3. The van der Waals surface area contributed by atoms with Gasteiger partial charge in [0.05, 0.1) is 12.5 Å². The van der Waals surface area contributed by atoms with Crippen molar-refractivity contribution < 1.29 is 9.53 Å². The van der Waals surface area contributed by atoms with Gasteiger partial charge in [-0.25, -0.2) is 9.97 Å². The van der Waals surface area contributed by atoms with Crippen molar-refractivity contribution in [2.45, 2.75) is 39.0 Å². The normalized spacial score (nSPS) is 13.2. The van der Waals surface area contributed by atoms with Gasteiger partial charge in [0.2, 0.25) is 0 Å². The van der Waals surface area contributed by atoms with Crippen LogP contribution in [-0.2, 0) is 19.3 Å². The highest BCUT2D eigenvalue weighted by atomic mass is 32.1. The lowest BCUT2D eigenvalue weighted by Crippen LogP contribution is -2.29. The van der Waals surface area contributed by atoms with E-state index in [4.69, 9.17) is 14.7 Å². The predicted molar refractivity (Wildman–Crippen MR) is 117 cm³/mol. The number of amides is 1. The predicted octanol–water partition coefficient (Wildman–Crippen LogP) is 3.98. The lowest BCUT2D eigenvalue weighted by atomic mass is 9.97. The number of aromatic nitrogens is 2. The van der Waals surface area contributed by atoms with Crippen molar-refractivity contribution in [3.8, 4) is 5.75 Å². The molecule has 1 aliphatic rings. The highest BCUT2D eigenvalue weighted by molar-refractivity contribution is 7.19. The Morgan fingerprint density at radius 2 is 2.07 bits per heavy atom. The second-order valence-corrected chi connectivity index (χ2v) is 8.23. The van der Waals surface area contributed by atoms with E-state index in [-0.39, 0.29) is 5.91 Å². The second kappa shape index (κ2) is 8.78. The van der Waals surface area contributed by atoms with Gasteiger partial charge in [0.15, 0.2) is 0 Å². The summed E-state index contributed by atoms with van der Waals surface area (Å²) in [5.74, 6) is 2.33. The summed E-state index contributed by atoms with van der Waals surface area (Å²) in [6.45, 7) is 3.19. The summed E-state index contributed by atoms with van der Waals surface area (Å²) in [6.07, 6.45) is 5.54. The number of aryl methyl sites for hydroxylation is 3. The average molecular weight is 411 g/mol. The molecule has 2 heterocycles. The highest BCUT2D eigenvalue weighted by Crippen LogP contribution is 2.38. The summed E-state index contributed by atoms with van der Waals surface area (Å²) in [5, 5.41) is 7.58. The Morgan fingerprint density at radius 3 is 2.90 bits per heavy atom. The lowest BCUT2D eigenvalue weighted by molar-refractivity contribution is 0.0955. The summed E-state index contributed by atoms with van der Waals surface area (Å²) < 4.78 is 5.18. The van der Waals surface area contributed by atoms with Crippen molar-refractivity contribution >= 4 is 33.3 Å². The number of ether oxygens (including phenoxy) is 1. The van der Waals surface area contributed by atoms with Crippen LogP contribution in [0, 0.1) is 0 Å². The van der Waals surface area contributed by atoms with Crippen LogP contribution < -0.4 is 15.4 Å². The Kier molecular flexibility index (Phi) is 5.94. The molecule has 2 N–H and O–H groups in total. The molecule has 0 radical (unpaired) electrons. The maximum absolute atomic E-state index is 12.4. The average Bonchev–Trinajstić information content (AvgIpc) is 3.14. The zero-order valence-corrected chi connectivity index (χ0v) is 17.7. The smallest absolute Gasteiger partial charge is 0.251 e. The van der Waals surface area contributed by atoms with Crippen LogP contribution in [0.5, 0.6) is 5.75 Å². The second-order valence-electron chi connectivity index (χ2n) is 7.15. The number of hydrogen-bond donors (Lipinski definition) is 2. The summed E-state index contributed by atoms with van der Waals surface area (Å²) in [5.41, 5.74) is 2.01. The molecular formula is C22H26N4O2S. The minimum absolute atomic E-state index is 0.110. The van der Waals surface area contributed by atoms with Crippen molar-refractivity contribution in [2.24, 2.45) is 0 Å². The number of carbonyl (C=O) groups excluding carboxylic acids is 1. The zero-order chi connectivity index (χ0) is 20.2. The molecule has 0 saturated carbocycles. The number of fused-ring (bicyclic) bond motifs is 3. The number of methoxy groups -OCH3 is 1. The van der Waals surface area contributed by atoms with Crippen LogP contribution in [0.25, 0.3) is 10.2 Å². The topological polar surface area (TPSA) is 76.1 Å². The van der Waals surface area contributed by atoms with Crippen LogP contribution in [0.2, 0.25) is 0 Å². The van der Waals surface area contributed by atoms with Gasteiger partial charge >= 0.3 is 0 Å². The van der Waals surface area contributed by atoms with Gasteiger partial charge in [0, 0.05) is 30.0 Å². The zero-order valence-electron chi connectivity index (χ0n) is 16.9. The molecular weight excluding hydrogens is 384 g/mol. The Labute approximate surface area is 174 Å². The number of nitrogens with one attached hydrogen (secondary N) is 2. The number of carbonyl (C=O) groups is 1. The van der Waals surface area contributed by atoms with Crippen molar-refractivity contribution in [1.82, 2.24) is 15.3 Å². The van der Waals surface area contributed by atoms with Crippen LogP contribution in [0.15, 0.2) is 24.3 Å². The largest absolute Gasteiger partial charge is 0.497 e. The van der Waals surface area contributed by atoms with E-state index in [1.54, 1.807) is 19.2 Å². The number of anilines is 1. The molecule has 6 nitrogen and oxygen atoms in total. The first-order valence-electron chi connectivity index (χ1n) is 10.2. The molecule has 0 spiro atoms. The molecule has 1 aromatic carbocycles. The van der Waals surface area contributed by atoms with Crippen molar-refractivity contribution in [3.05, 3.63) is 46.1 Å². The third-order valence-corrected chi connectivity index (χ3v) is 6.40. The standard InChI is InChI=1S/C22H26N4O2S/c1-3-18-25-20(19-16-9-4-5-10-17(16)29-22(19)26-18)23-11-12-24-21(27)14-7-6-8-15(13-14)28-2/h6-8,13H,3-5,9-12H2,1-2H3,(H,24,27)(H,23,25,26). The fraction of sp³-hybridized carbons (Fsp3) is 0.409. The van der Waals surface area contributed by atoms with E-state index < -0.39 is 0 Å². The number of rotatable bonds is 7.